The molecule has 0 saturated heterocycles. The first-order chi connectivity index (χ1) is 8.40. The number of rotatable bonds is 3. The fourth-order valence-electron chi connectivity index (χ4n) is 1.27. The highest BCUT2D eigenvalue weighted by Crippen LogP contribution is 2.22. The maximum absolute atomic E-state index is 13.3. The summed E-state index contributed by atoms with van der Waals surface area (Å²) in [7, 11) is -4.12. The highest BCUT2D eigenvalue weighted by atomic mass is 32.2. The van der Waals surface area contributed by atoms with Gasteiger partial charge >= 0.3 is 0 Å². The highest BCUT2D eigenvalue weighted by Gasteiger charge is 2.21. The van der Waals surface area contributed by atoms with Gasteiger partial charge in [-0.2, -0.15) is 5.10 Å². The van der Waals surface area contributed by atoms with Crippen LogP contribution in [0.4, 0.5) is 20.3 Å². The molecule has 96 valence electrons. The molecule has 1 aromatic heterocycles. The fourth-order valence-corrected chi connectivity index (χ4v) is 2.36. The van der Waals surface area contributed by atoms with Gasteiger partial charge in [0.2, 0.25) is 0 Å². The molecule has 0 aliphatic rings. The van der Waals surface area contributed by atoms with Crippen LogP contribution in [0.3, 0.4) is 0 Å². The van der Waals surface area contributed by atoms with Crippen LogP contribution in [-0.4, -0.2) is 18.6 Å². The summed E-state index contributed by atoms with van der Waals surface area (Å²) in [5, 5.41) is 5.66. The van der Waals surface area contributed by atoms with Crippen molar-refractivity contribution in [1.82, 2.24) is 10.2 Å². The van der Waals surface area contributed by atoms with Gasteiger partial charge in [0, 0.05) is 6.07 Å². The number of halogens is 2. The third-order valence-corrected chi connectivity index (χ3v) is 3.49. The second kappa shape index (κ2) is 4.26. The van der Waals surface area contributed by atoms with E-state index in [4.69, 9.17) is 5.73 Å². The number of nitrogen functional groups attached to an aromatic ring is 1. The van der Waals surface area contributed by atoms with E-state index in [9.17, 15) is 17.2 Å². The van der Waals surface area contributed by atoms with E-state index in [2.05, 4.69) is 10.2 Å². The second-order valence-electron chi connectivity index (χ2n) is 3.38. The van der Waals surface area contributed by atoms with Crippen molar-refractivity contribution < 1.29 is 17.2 Å². The zero-order chi connectivity index (χ0) is 13.3. The van der Waals surface area contributed by atoms with Crippen LogP contribution in [0.5, 0.6) is 0 Å². The molecule has 2 rings (SSSR count). The smallest absolute Gasteiger partial charge is 0.267 e. The topological polar surface area (TPSA) is 101 Å². The van der Waals surface area contributed by atoms with Crippen molar-refractivity contribution in [3.8, 4) is 0 Å². The lowest BCUT2D eigenvalue weighted by Crippen LogP contribution is -2.15. The summed E-state index contributed by atoms with van der Waals surface area (Å²) in [6.07, 6.45) is 0.967. The Balaban J connectivity index is 2.40. The number of aromatic amines is 1. The van der Waals surface area contributed by atoms with Crippen LogP contribution in [0.1, 0.15) is 0 Å². The molecule has 1 aromatic carbocycles. The molecular weight excluding hydrogens is 266 g/mol. The van der Waals surface area contributed by atoms with Gasteiger partial charge in [0.25, 0.3) is 10.0 Å². The molecule has 0 aliphatic carbocycles. The Hall–Kier alpha value is -2.16. The molecule has 0 spiro atoms. The number of aromatic nitrogens is 2. The highest BCUT2D eigenvalue weighted by molar-refractivity contribution is 7.92. The minimum Gasteiger partial charge on any atom is -0.383 e. The Morgan fingerprint density at radius 1 is 1.33 bits per heavy atom. The zero-order valence-electron chi connectivity index (χ0n) is 8.81. The molecule has 0 fully saturated rings. The Kier molecular flexibility index (Phi) is 2.91. The number of hydrogen-bond donors (Lipinski definition) is 3. The average Bonchev–Trinajstić information content (AvgIpc) is 2.70. The quantitative estimate of drug-likeness (QED) is 0.779. The van der Waals surface area contributed by atoms with Crippen molar-refractivity contribution in [2.45, 2.75) is 4.90 Å². The van der Waals surface area contributed by atoms with E-state index in [0.717, 1.165) is 24.4 Å². The van der Waals surface area contributed by atoms with Gasteiger partial charge in [-0.05, 0) is 12.1 Å². The number of nitrogens with two attached hydrogens (primary N) is 1. The van der Waals surface area contributed by atoms with Crippen molar-refractivity contribution in [1.29, 1.82) is 0 Å². The van der Waals surface area contributed by atoms with Crippen LogP contribution in [-0.2, 0) is 10.0 Å². The van der Waals surface area contributed by atoms with E-state index < -0.39 is 27.3 Å². The molecule has 1 heterocycles. The molecule has 0 atom stereocenters. The number of nitrogens with one attached hydrogen (secondary N) is 2. The van der Waals surface area contributed by atoms with Crippen molar-refractivity contribution in [3.63, 3.8) is 0 Å². The van der Waals surface area contributed by atoms with E-state index in [1.54, 1.807) is 0 Å². The van der Waals surface area contributed by atoms with Crippen LogP contribution in [0.15, 0.2) is 29.3 Å². The first-order valence-electron chi connectivity index (χ1n) is 4.67. The number of sulfonamides is 1. The van der Waals surface area contributed by atoms with Gasteiger partial charge in [-0.1, -0.05) is 0 Å². The molecule has 2 aromatic rings. The number of H-pyrrole nitrogens is 1. The Morgan fingerprint density at radius 3 is 2.67 bits per heavy atom. The molecule has 6 nitrogen and oxygen atoms in total. The molecule has 0 bridgehead atoms. The normalized spacial score (nSPS) is 11.4. The van der Waals surface area contributed by atoms with Gasteiger partial charge in [-0.15, -0.1) is 0 Å². The molecule has 18 heavy (non-hydrogen) atoms. The van der Waals surface area contributed by atoms with Crippen molar-refractivity contribution in [2.24, 2.45) is 0 Å². The average molecular weight is 274 g/mol. The first kappa shape index (κ1) is 12.3. The van der Waals surface area contributed by atoms with Gasteiger partial charge in [-0.3, -0.25) is 9.82 Å². The summed E-state index contributed by atoms with van der Waals surface area (Å²) < 4.78 is 51.7. The molecule has 9 heteroatoms. The number of nitrogens with zero attached hydrogens (tertiary/aromatic N) is 1. The predicted octanol–water partition coefficient (Wildman–Crippen LogP) is 1.07. The summed E-state index contributed by atoms with van der Waals surface area (Å²) in [5.41, 5.74) is 4.84. The lowest BCUT2D eigenvalue weighted by molar-refractivity contribution is 0.594. The van der Waals surface area contributed by atoms with E-state index >= 15 is 0 Å². The zero-order valence-corrected chi connectivity index (χ0v) is 9.63. The van der Waals surface area contributed by atoms with E-state index in [1.165, 1.54) is 0 Å². The number of benzene rings is 1. The Bertz CT molecular complexity index is 684. The largest absolute Gasteiger partial charge is 0.383 e. The van der Waals surface area contributed by atoms with Gasteiger partial charge in [0.15, 0.2) is 0 Å². The van der Waals surface area contributed by atoms with Crippen LogP contribution >= 0.6 is 0 Å². The molecule has 0 aliphatic heterocycles. The summed E-state index contributed by atoms with van der Waals surface area (Å²) in [6.45, 7) is 0. The van der Waals surface area contributed by atoms with Crippen LogP contribution in [0, 0.1) is 11.6 Å². The predicted molar refractivity (Wildman–Crippen MR) is 60.2 cm³/mol. The van der Waals surface area contributed by atoms with Gasteiger partial charge in [0.05, 0.1) is 11.9 Å². The lowest BCUT2D eigenvalue weighted by Gasteiger charge is -2.07. The molecule has 0 amide bonds. The van der Waals surface area contributed by atoms with Crippen LogP contribution in [0.2, 0.25) is 0 Å². The molecule has 0 unspecified atom stereocenters. The SMILES string of the molecule is Nc1[nH]ncc1S(=O)(=O)Nc1cc(F)ccc1F. The fraction of sp³-hybridized carbons (Fsp3) is 0. The number of anilines is 2. The summed E-state index contributed by atoms with van der Waals surface area (Å²) >= 11 is 0. The standard InChI is InChI=1S/C9H8F2N4O2S/c10-5-1-2-6(11)7(3-5)15-18(16,17)8-4-13-14-9(8)12/h1-4,15H,(H3,12,13,14). The lowest BCUT2D eigenvalue weighted by atomic mass is 10.3. The summed E-state index contributed by atoms with van der Waals surface area (Å²) in [6, 6.07) is 2.41. The van der Waals surface area contributed by atoms with E-state index in [1.807, 2.05) is 4.72 Å². The molecule has 0 saturated carbocycles. The summed E-state index contributed by atoms with van der Waals surface area (Å²) in [5.74, 6) is -1.87. The third kappa shape index (κ3) is 2.25. The van der Waals surface area contributed by atoms with Crippen molar-refractivity contribution in [3.05, 3.63) is 36.0 Å². The van der Waals surface area contributed by atoms with Gasteiger partial charge in [0.1, 0.15) is 22.3 Å². The second-order valence-corrected chi connectivity index (χ2v) is 5.03. The molecular formula is C9H8F2N4O2S. The Morgan fingerprint density at radius 2 is 2.06 bits per heavy atom. The van der Waals surface area contributed by atoms with Gasteiger partial charge in [-0.25, -0.2) is 17.2 Å². The maximum atomic E-state index is 13.3. The number of hydrogen-bond acceptors (Lipinski definition) is 4. The minimum absolute atomic E-state index is 0.195. The minimum atomic E-state index is -4.12. The van der Waals surface area contributed by atoms with Crippen molar-refractivity contribution in [2.75, 3.05) is 10.5 Å². The third-order valence-electron chi connectivity index (χ3n) is 2.09. The van der Waals surface area contributed by atoms with Crippen LogP contribution < -0.4 is 10.5 Å². The van der Waals surface area contributed by atoms with Crippen LogP contribution in [0.25, 0.3) is 0 Å². The van der Waals surface area contributed by atoms with Gasteiger partial charge < -0.3 is 5.73 Å². The van der Waals surface area contributed by atoms with E-state index in [-0.39, 0.29) is 10.7 Å². The summed E-state index contributed by atoms with van der Waals surface area (Å²) in [4.78, 5) is -0.342. The maximum Gasteiger partial charge on any atom is 0.267 e. The molecule has 0 radical (unpaired) electrons. The van der Waals surface area contributed by atoms with E-state index in [0.29, 0.717) is 0 Å². The monoisotopic (exact) mass is 274 g/mol. The van der Waals surface area contributed by atoms with Crippen molar-refractivity contribution >= 4 is 21.5 Å². The Labute approximate surface area is 101 Å². The molecule has 4 N–H and O–H groups in total. The first-order valence-corrected chi connectivity index (χ1v) is 6.15.